The molecule has 1 aromatic carbocycles. The fourth-order valence-electron chi connectivity index (χ4n) is 2.13. The van der Waals surface area contributed by atoms with Gasteiger partial charge in [-0.3, -0.25) is 4.79 Å². The Balaban J connectivity index is 1.78. The molecule has 0 saturated heterocycles. The van der Waals surface area contributed by atoms with Gasteiger partial charge in [-0.25, -0.2) is 0 Å². The van der Waals surface area contributed by atoms with Crippen molar-refractivity contribution in [1.82, 2.24) is 5.16 Å². The summed E-state index contributed by atoms with van der Waals surface area (Å²) < 4.78 is 5.11. The van der Waals surface area contributed by atoms with Gasteiger partial charge < -0.3 is 20.9 Å². The maximum absolute atomic E-state index is 11.3. The van der Waals surface area contributed by atoms with Gasteiger partial charge in [0.25, 0.3) is 0 Å². The Kier molecular flexibility index (Phi) is 2.63. The van der Waals surface area contributed by atoms with Gasteiger partial charge in [-0.1, -0.05) is 5.16 Å². The van der Waals surface area contributed by atoms with Crippen LogP contribution in [0.5, 0.6) is 0 Å². The number of nitrogens with zero attached hydrogens (tertiary/aromatic N) is 1. The summed E-state index contributed by atoms with van der Waals surface area (Å²) in [5.41, 5.74) is 9.94. The van der Waals surface area contributed by atoms with Crippen LogP contribution in [0.1, 0.15) is 17.0 Å². The van der Waals surface area contributed by atoms with Crippen molar-refractivity contribution in [3.05, 3.63) is 35.2 Å². The first kappa shape index (κ1) is 11.6. The van der Waals surface area contributed by atoms with E-state index in [9.17, 15) is 4.79 Å². The summed E-state index contributed by atoms with van der Waals surface area (Å²) in [6, 6.07) is 5.53. The Bertz CT molecular complexity index is 648. The van der Waals surface area contributed by atoms with Gasteiger partial charge in [-0.05, 0) is 24.6 Å². The third-order valence-corrected chi connectivity index (χ3v) is 3.03. The van der Waals surface area contributed by atoms with E-state index in [1.165, 1.54) is 0 Å². The molecule has 0 saturated carbocycles. The summed E-state index contributed by atoms with van der Waals surface area (Å²) >= 11 is 0. The third-order valence-electron chi connectivity index (χ3n) is 3.03. The lowest BCUT2D eigenvalue weighted by molar-refractivity contribution is -0.115. The summed E-state index contributed by atoms with van der Waals surface area (Å²) in [6.07, 6.45) is 0.390. The molecule has 0 unspecified atom stereocenters. The van der Waals surface area contributed by atoms with Crippen LogP contribution >= 0.6 is 0 Å². The summed E-state index contributed by atoms with van der Waals surface area (Å²) in [4.78, 5) is 11.3. The van der Waals surface area contributed by atoms with E-state index < -0.39 is 0 Å². The Hall–Kier alpha value is -2.50. The summed E-state index contributed by atoms with van der Waals surface area (Å²) in [6.45, 7) is 2.37. The van der Waals surface area contributed by atoms with E-state index >= 15 is 0 Å². The van der Waals surface area contributed by atoms with Gasteiger partial charge >= 0.3 is 0 Å². The maximum atomic E-state index is 11.3. The molecule has 1 aromatic heterocycles. The average molecular weight is 258 g/mol. The van der Waals surface area contributed by atoms with E-state index in [1.54, 1.807) is 0 Å². The van der Waals surface area contributed by atoms with Crippen molar-refractivity contribution in [1.29, 1.82) is 0 Å². The highest BCUT2D eigenvalue weighted by Crippen LogP contribution is 2.31. The number of fused-ring (bicyclic) bond motifs is 1. The molecule has 0 fully saturated rings. The number of nitrogen functional groups attached to an aromatic ring is 1. The molecule has 0 spiro atoms. The van der Waals surface area contributed by atoms with Crippen LogP contribution in [0.25, 0.3) is 0 Å². The number of nitrogens with two attached hydrogens (primary N) is 1. The Morgan fingerprint density at radius 3 is 3.05 bits per heavy atom. The van der Waals surface area contributed by atoms with Crippen molar-refractivity contribution in [3.63, 3.8) is 0 Å². The third kappa shape index (κ3) is 2.24. The lowest BCUT2D eigenvalue weighted by atomic mass is 10.1. The van der Waals surface area contributed by atoms with E-state index in [4.69, 9.17) is 10.3 Å². The number of aryl methyl sites for hydroxylation is 1. The number of nitrogens with one attached hydrogen (secondary N) is 2. The molecule has 1 aliphatic rings. The molecule has 0 bridgehead atoms. The second-order valence-electron chi connectivity index (χ2n) is 4.61. The standard InChI is InChI=1S/C13H14N4O2/c1-7-2-9(19-17-7)6-15-12-5-11-8(3-10(12)14)4-13(18)16-11/h2-3,5,15H,4,6,14H2,1H3,(H,16,18). The van der Waals surface area contributed by atoms with Gasteiger partial charge in [0.15, 0.2) is 5.76 Å². The molecular formula is C13H14N4O2. The number of anilines is 3. The minimum atomic E-state index is -0.00240. The van der Waals surface area contributed by atoms with Crippen LogP contribution in [0, 0.1) is 6.92 Å². The SMILES string of the molecule is Cc1cc(CNc2cc3c(cc2N)CC(=O)N3)on1. The number of carbonyl (C=O) groups excluding carboxylic acids is 1. The van der Waals surface area contributed by atoms with Gasteiger partial charge in [-0.15, -0.1) is 0 Å². The van der Waals surface area contributed by atoms with Crippen molar-refractivity contribution in [3.8, 4) is 0 Å². The van der Waals surface area contributed by atoms with E-state index in [1.807, 2.05) is 25.1 Å². The van der Waals surface area contributed by atoms with Gasteiger partial charge in [0.05, 0.1) is 30.0 Å². The quantitative estimate of drug-likeness (QED) is 0.728. The Morgan fingerprint density at radius 2 is 2.32 bits per heavy atom. The zero-order valence-electron chi connectivity index (χ0n) is 10.5. The van der Waals surface area contributed by atoms with E-state index in [2.05, 4.69) is 15.8 Å². The Morgan fingerprint density at radius 1 is 1.47 bits per heavy atom. The van der Waals surface area contributed by atoms with Gasteiger partial charge in [0, 0.05) is 11.8 Å². The van der Waals surface area contributed by atoms with Crippen molar-refractivity contribution in [2.45, 2.75) is 19.9 Å². The normalized spacial score (nSPS) is 13.2. The fourth-order valence-corrected chi connectivity index (χ4v) is 2.13. The first-order chi connectivity index (χ1) is 9.11. The van der Waals surface area contributed by atoms with E-state index in [0.717, 1.165) is 28.4 Å². The second kappa shape index (κ2) is 4.31. The van der Waals surface area contributed by atoms with Gasteiger partial charge in [0.1, 0.15) is 0 Å². The van der Waals surface area contributed by atoms with Crippen molar-refractivity contribution >= 4 is 23.0 Å². The molecule has 1 amide bonds. The fraction of sp³-hybridized carbons (Fsp3) is 0.231. The highest BCUT2D eigenvalue weighted by Gasteiger charge is 2.19. The highest BCUT2D eigenvalue weighted by atomic mass is 16.5. The number of aromatic nitrogens is 1. The molecule has 2 aromatic rings. The number of carbonyl (C=O) groups is 1. The molecule has 6 nitrogen and oxygen atoms in total. The van der Waals surface area contributed by atoms with E-state index in [-0.39, 0.29) is 5.91 Å². The first-order valence-electron chi connectivity index (χ1n) is 6.00. The molecule has 0 aliphatic carbocycles. The summed E-state index contributed by atoms with van der Waals surface area (Å²) in [5, 5.41) is 9.79. The van der Waals surface area contributed by atoms with Crippen LogP contribution in [-0.2, 0) is 17.8 Å². The number of hydrogen-bond donors (Lipinski definition) is 3. The lowest BCUT2D eigenvalue weighted by Crippen LogP contribution is -2.04. The summed E-state index contributed by atoms with van der Waals surface area (Å²) in [5.74, 6) is 0.735. The van der Waals surface area contributed by atoms with Crippen LogP contribution in [0.15, 0.2) is 22.7 Å². The van der Waals surface area contributed by atoms with Crippen LogP contribution < -0.4 is 16.4 Å². The number of hydrogen-bond acceptors (Lipinski definition) is 5. The maximum Gasteiger partial charge on any atom is 0.228 e. The van der Waals surface area contributed by atoms with Crippen LogP contribution in [0.4, 0.5) is 17.1 Å². The number of benzene rings is 1. The second-order valence-corrected chi connectivity index (χ2v) is 4.61. The van der Waals surface area contributed by atoms with Crippen molar-refractivity contribution in [2.24, 2.45) is 0 Å². The molecule has 19 heavy (non-hydrogen) atoms. The minimum Gasteiger partial charge on any atom is -0.397 e. The minimum absolute atomic E-state index is 0.00240. The molecule has 3 rings (SSSR count). The van der Waals surface area contributed by atoms with Crippen molar-refractivity contribution in [2.75, 3.05) is 16.4 Å². The molecule has 0 atom stereocenters. The molecule has 98 valence electrons. The smallest absolute Gasteiger partial charge is 0.228 e. The van der Waals surface area contributed by atoms with Crippen LogP contribution in [0.2, 0.25) is 0 Å². The van der Waals surface area contributed by atoms with Crippen LogP contribution in [0.3, 0.4) is 0 Å². The van der Waals surface area contributed by atoms with Gasteiger partial charge in [0.2, 0.25) is 5.91 Å². The zero-order chi connectivity index (χ0) is 13.4. The lowest BCUT2D eigenvalue weighted by Gasteiger charge is -2.10. The van der Waals surface area contributed by atoms with Gasteiger partial charge in [-0.2, -0.15) is 0 Å². The van der Waals surface area contributed by atoms with Crippen molar-refractivity contribution < 1.29 is 9.32 Å². The monoisotopic (exact) mass is 258 g/mol. The van der Waals surface area contributed by atoms with E-state index in [0.29, 0.717) is 18.7 Å². The predicted octanol–water partition coefficient (Wildman–Crippen LogP) is 1.67. The Labute approximate surface area is 110 Å². The number of rotatable bonds is 3. The first-order valence-corrected chi connectivity index (χ1v) is 6.00. The average Bonchev–Trinajstić information content (AvgIpc) is 2.91. The molecule has 0 radical (unpaired) electrons. The molecule has 6 heteroatoms. The number of amides is 1. The predicted molar refractivity (Wildman–Crippen MR) is 71.8 cm³/mol. The topological polar surface area (TPSA) is 93.2 Å². The highest BCUT2D eigenvalue weighted by molar-refractivity contribution is 6.00. The largest absolute Gasteiger partial charge is 0.397 e. The zero-order valence-corrected chi connectivity index (χ0v) is 10.5. The molecule has 1 aliphatic heterocycles. The van der Waals surface area contributed by atoms with Crippen LogP contribution in [-0.4, -0.2) is 11.1 Å². The molecule has 4 N–H and O–H groups in total. The summed E-state index contributed by atoms with van der Waals surface area (Å²) in [7, 11) is 0. The molecular weight excluding hydrogens is 244 g/mol. The molecule has 2 heterocycles.